The highest BCUT2D eigenvalue weighted by Gasteiger charge is 2.06. The lowest BCUT2D eigenvalue weighted by Crippen LogP contribution is -2.11. The van der Waals surface area contributed by atoms with Gasteiger partial charge < -0.3 is 5.73 Å². The molecule has 0 unspecified atom stereocenters. The number of amides is 1. The van der Waals surface area contributed by atoms with E-state index in [1.807, 2.05) is 0 Å². The third kappa shape index (κ3) is 2.01. The summed E-state index contributed by atoms with van der Waals surface area (Å²) in [6.45, 7) is 0. The third-order valence-corrected chi connectivity index (χ3v) is 2.08. The van der Waals surface area contributed by atoms with Gasteiger partial charge in [0, 0.05) is 18.6 Å². The van der Waals surface area contributed by atoms with Crippen molar-refractivity contribution in [3.8, 4) is 5.95 Å². The standard InChI is InChI=1S/C8H6BrN5O/c9-5-1-11-8(12-2-5)14-3-6(7(10)15)13-4-14/h1-4H,(H2,10,15). The van der Waals surface area contributed by atoms with Gasteiger partial charge in [-0.1, -0.05) is 0 Å². The van der Waals surface area contributed by atoms with Crippen molar-refractivity contribution in [2.75, 3.05) is 0 Å². The molecular weight excluding hydrogens is 262 g/mol. The lowest BCUT2D eigenvalue weighted by molar-refractivity contribution is 0.0996. The molecule has 0 aliphatic rings. The molecule has 2 heterocycles. The number of nitrogens with two attached hydrogens (primary N) is 1. The summed E-state index contributed by atoms with van der Waals surface area (Å²) in [6.07, 6.45) is 6.12. The van der Waals surface area contributed by atoms with Gasteiger partial charge in [-0.3, -0.25) is 9.36 Å². The number of halogens is 1. The van der Waals surface area contributed by atoms with E-state index in [2.05, 4.69) is 30.9 Å². The molecule has 0 bridgehead atoms. The van der Waals surface area contributed by atoms with Crippen LogP contribution >= 0.6 is 15.9 Å². The zero-order valence-corrected chi connectivity index (χ0v) is 9.05. The topological polar surface area (TPSA) is 86.7 Å². The third-order valence-electron chi connectivity index (χ3n) is 1.67. The highest BCUT2D eigenvalue weighted by molar-refractivity contribution is 9.10. The summed E-state index contributed by atoms with van der Waals surface area (Å²) in [5.41, 5.74) is 5.25. The second kappa shape index (κ2) is 3.77. The normalized spacial score (nSPS) is 10.2. The molecule has 6 nitrogen and oxygen atoms in total. The van der Waals surface area contributed by atoms with Crippen molar-refractivity contribution in [3.05, 3.63) is 35.1 Å². The highest BCUT2D eigenvalue weighted by atomic mass is 79.9. The number of aromatic nitrogens is 4. The van der Waals surface area contributed by atoms with Crippen LogP contribution in [0.1, 0.15) is 10.5 Å². The van der Waals surface area contributed by atoms with E-state index in [-0.39, 0.29) is 5.69 Å². The number of nitrogens with zero attached hydrogens (tertiary/aromatic N) is 4. The number of primary amides is 1. The quantitative estimate of drug-likeness (QED) is 0.860. The Morgan fingerprint density at radius 2 is 2.00 bits per heavy atom. The van der Waals surface area contributed by atoms with E-state index < -0.39 is 5.91 Å². The summed E-state index contributed by atoms with van der Waals surface area (Å²) >= 11 is 3.22. The van der Waals surface area contributed by atoms with Gasteiger partial charge in [0.15, 0.2) is 0 Å². The van der Waals surface area contributed by atoms with Gasteiger partial charge in [0.25, 0.3) is 5.91 Å². The SMILES string of the molecule is NC(=O)c1cn(-c2ncc(Br)cn2)cn1. The van der Waals surface area contributed by atoms with Crippen LogP contribution in [0, 0.1) is 0 Å². The first-order valence-electron chi connectivity index (χ1n) is 3.98. The van der Waals surface area contributed by atoms with Crippen molar-refractivity contribution in [1.82, 2.24) is 19.5 Å². The van der Waals surface area contributed by atoms with Crippen molar-refractivity contribution in [2.45, 2.75) is 0 Å². The fraction of sp³-hybridized carbons (Fsp3) is 0. The average Bonchev–Trinajstić information content (AvgIpc) is 2.68. The number of hydrogen-bond acceptors (Lipinski definition) is 4. The Labute approximate surface area is 93.3 Å². The van der Waals surface area contributed by atoms with Gasteiger partial charge in [0.2, 0.25) is 5.95 Å². The molecule has 76 valence electrons. The van der Waals surface area contributed by atoms with E-state index in [0.29, 0.717) is 5.95 Å². The Balaban J connectivity index is 2.37. The molecule has 1 amide bonds. The fourth-order valence-corrected chi connectivity index (χ4v) is 1.20. The predicted octanol–water partition coefficient (Wildman–Crippen LogP) is 0.524. The molecule has 0 radical (unpaired) electrons. The smallest absolute Gasteiger partial charge is 0.268 e. The van der Waals surface area contributed by atoms with Crippen LogP contribution < -0.4 is 5.73 Å². The molecule has 2 rings (SSSR count). The van der Waals surface area contributed by atoms with Crippen LogP contribution in [0.4, 0.5) is 0 Å². The van der Waals surface area contributed by atoms with Gasteiger partial charge in [0.05, 0.1) is 4.47 Å². The van der Waals surface area contributed by atoms with E-state index in [4.69, 9.17) is 5.73 Å². The van der Waals surface area contributed by atoms with Gasteiger partial charge in [-0.15, -0.1) is 0 Å². The van der Waals surface area contributed by atoms with Crippen LogP contribution in [0.25, 0.3) is 5.95 Å². The van der Waals surface area contributed by atoms with Crippen LogP contribution in [-0.4, -0.2) is 25.4 Å². The van der Waals surface area contributed by atoms with Crippen molar-refractivity contribution in [3.63, 3.8) is 0 Å². The number of hydrogen-bond donors (Lipinski definition) is 1. The lowest BCUT2D eigenvalue weighted by Gasteiger charge is -1.97. The van der Waals surface area contributed by atoms with Crippen molar-refractivity contribution >= 4 is 21.8 Å². The first kappa shape index (κ1) is 9.78. The maximum absolute atomic E-state index is 10.8. The van der Waals surface area contributed by atoms with Crippen molar-refractivity contribution in [2.24, 2.45) is 5.73 Å². The molecule has 0 saturated heterocycles. The molecule has 2 aromatic rings. The van der Waals surface area contributed by atoms with Gasteiger partial charge >= 0.3 is 0 Å². The second-order valence-electron chi connectivity index (χ2n) is 2.73. The predicted molar refractivity (Wildman–Crippen MR) is 55.4 cm³/mol. The molecule has 15 heavy (non-hydrogen) atoms. The molecule has 2 N–H and O–H groups in total. The summed E-state index contributed by atoms with van der Waals surface area (Å²) in [5.74, 6) is -0.149. The monoisotopic (exact) mass is 267 g/mol. The maximum atomic E-state index is 10.8. The Morgan fingerprint density at radius 3 is 2.53 bits per heavy atom. The Kier molecular flexibility index (Phi) is 2.46. The van der Waals surface area contributed by atoms with Crippen LogP contribution in [0.15, 0.2) is 29.4 Å². The minimum atomic E-state index is -0.578. The minimum Gasteiger partial charge on any atom is -0.364 e. The Bertz CT molecular complexity index is 492. The molecule has 0 spiro atoms. The largest absolute Gasteiger partial charge is 0.364 e. The van der Waals surface area contributed by atoms with Crippen molar-refractivity contribution < 1.29 is 4.79 Å². The summed E-state index contributed by atoms with van der Waals surface area (Å²) in [6, 6.07) is 0. The van der Waals surface area contributed by atoms with Crippen LogP contribution in [0.5, 0.6) is 0 Å². The maximum Gasteiger partial charge on any atom is 0.268 e. The van der Waals surface area contributed by atoms with Crippen LogP contribution in [0.2, 0.25) is 0 Å². The molecule has 0 aliphatic heterocycles. The van der Waals surface area contributed by atoms with Crippen LogP contribution in [0.3, 0.4) is 0 Å². The van der Waals surface area contributed by atoms with Gasteiger partial charge in [-0.2, -0.15) is 0 Å². The van der Waals surface area contributed by atoms with Gasteiger partial charge in [-0.25, -0.2) is 15.0 Å². The summed E-state index contributed by atoms with van der Waals surface area (Å²) in [7, 11) is 0. The van der Waals surface area contributed by atoms with E-state index in [1.54, 1.807) is 12.4 Å². The van der Waals surface area contributed by atoms with Crippen LogP contribution in [-0.2, 0) is 0 Å². The zero-order valence-electron chi connectivity index (χ0n) is 7.46. The zero-order chi connectivity index (χ0) is 10.8. The number of carbonyl (C=O) groups excluding carboxylic acids is 1. The second-order valence-corrected chi connectivity index (χ2v) is 3.65. The Morgan fingerprint density at radius 1 is 1.33 bits per heavy atom. The first-order valence-corrected chi connectivity index (χ1v) is 4.78. The molecule has 2 aromatic heterocycles. The molecular formula is C8H6BrN5O. The van der Waals surface area contributed by atoms with E-state index >= 15 is 0 Å². The van der Waals surface area contributed by atoms with E-state index in [9.17, 15) is 4.79 Å². The molecule has 0 fully saturated rings. The first-order chi connectivity index (χ1) is 7.16. The van der Waals surface area contributed by atoms with Crippen molar-refractivity contribution in [1.29, 1.82) is 0 Å². The van der Waals surface area contributed by atoms with Gasteiger partial charge in [0.1, 0.15) is 12.0 Å². The molecule has 0 aromatic carbocycles. The number of rotatable bonds is 2. The summed E-state index contributed by atoms with van der Waals surface area (Å²) < 4.78 is 2.30. The highest BCUT2D eigenvalue weighted by Crippen LogP contribution is 2.07. The fourth-order valence-electron chi connectivity index (χ4n) is 0.998. The number of carbonyl (C=O) groups is 1. The molecule has 0 aliphatic carbocycles. The Hall–Kier alpha value is -1.76. The summed E-state index contributed by atoms with van der Waals surface area (Å²) in [4.78, 5) is 22.7. The summed E-state index contributed by atoms with van der Waals surface area (Å²) in [5, 5.41) is 0. The lowest BCUT2D eigenvalue weighted by atomic mass is 10.5. The molecule has 7 heteroatoms. The molecule has 0 atom stereocenters. The van der Waals surface area contributed by atoms with E-state index in [1.165, 1.54) is 17.1 Å². The average molecular weight is 268 g/mol. The number of imidazole rings is 1. The minimum absolute atomic E-state index is 0.182. The van der Waals surface area contributed by atoms with Gasteiger partial charge in [-0.05, 0) is 15.9 Å². The molecule has 0 saturated carbocycles. The van der Waals surface area contributed by atoms with E-state index in [0.717, 1.165) is 4.47 Å².